The Bertz CT molecular complexity index is 422. The number of carboxylic acid groups (broad SMARTS) is 1. The first-order chi connectivity index (χ1) is 7.78. The molecule has 0 aliphatic carbocycles. The molecule has 0 aromatic heterocycles. The van der Waals surface area contributed by atoms with E-state index in [1.165, 1.54) is 12.1 Å². The van der Waals surface area contributed by atoms with Gasteiger partial charge >= 0.3 is 12.3 Å². The summed E-state index contributed by atoms with van der Waals surface area (Å²) in [5.41, 5.74) is -0.0482. The van der Waals surface area contributed by atoms with E-state index in [1.807, 2.05) is 0 Å². The molecule has 1 aromatic carbocycles. The van der Waals surface area contributed by atoms with Crippen molar-refractivity contribution in [3.63, 3.8) is 0 Å². The Morgan fingerprint density at radius 3 is 2.65 bits per heavy atom. The van der Waals surface area contributed by atoms with Gasteiger partial charge in [0.15, 0.2) is 5.75 Å². The SMILES string of the molecule is O=C(O)CNc1ccc(Br)cc1OC(F)(F)F. The Morgan fingerprint density at radius 1 is 1.47 bits per heavy atom. The van der Waals surface area contributed by atoms with E-state index < -0.39 is 24.6 Å². The predicted octanol–water partition coefficient (Wildman–Crippen LogP) is 2.84. The van der Waals surface area contributed by atoms with Crippen LogP contribution in [0.1, 0.15) is 0 Å². The number of hydrogen-bond acceptors (Lipinski definition) is 3. The molecule has 0 amide bonds. The van der Waals surface area contributed by atoms with E-state index in [2.05, 4.69) is 26.0 Å². The number of hydrogen-bond donors (Lipinski definition) is 2. The molecule has 94 valence electrons. The number of carboxylic acids is 1. The molecule has 0 radical (unpaired) electrons. The van der Waals surface area contributed by atoms with Crippen molar-refractivity contribution in [2.24, 2.45) is 0 Å². The third-order valence-electron chi connectivity index (χ3n) is 1.60. The number of ether oxygens (including phenoxy) is 1. The molecular formula is C9H7BrF3NO3. The molecule has 4 nitrogen and oxygen atoms in total. The molecule has 0 saturated carbocycles. The van der Waals surface area contributed by atoms with Gasteiger partial charge in [-0.25, -0.2) is 0 Å². The highest BCUT2D eigenvalue weighted by Gasteiger charge is 2.32. The number of alkyl halides is 3. The summed E-state index contributed by atoms with van der Waals surface area (Å²) in [6.45, 7) is -0.504. The van der Waals surface area contributed by atoms with Crippen molar-refractivity contribution >= 4 is 27.6 Å². The minimum absolute atomic E-state index is 0.0482. The number of benzene rings is 1. The van der Waals surface area contributed by atoms with Gasteiger partial charge in [-0.15, -0.1) is 13.2 Å². The molecule has 2 N–H and O–H groups in total. The fourth-order valence-electron chi connectivity index (χ4n) is 1.02. The fourth-order valence-corrected chi connectivity index (χ4v) is 1.36. The third-order valence-corrected chi connectivity index (χ3v) is 2.09. The highest BCUT2D eigenvalue weighted by molar-refractivity contribution is 9.10. The molecule has 8 heteroatoms. The Kier molecular flexibility index (Phi) is 4.22. The molecule has 17 heavy (non-hydrogen) atoms. The van der Waals surface area contributed by atoms with Crippen molar-refractivity contribution in [2.45, 2.75) is 6.36 Å². The van der Waals surface area contributed by atoms with Crippen LogP contribution >= 0.6 is 15.9 Å². The van der Waals surface area contributed by atoms with Gasteiger partial charge in [0.1, 0.15) is 6.54 Å². The van der Waals surface area contributed by atoms with Crippen molar-refractivity contribution in [2.75, 3.05) is 11.9 Å². The first-order valence-electron chi connectivity index (χ1n) is 4.29. The fraction of sp³-hybridized carbons (Fsp3) is 0.222. The third kappa shape index (κ3) is 4.94. The van der Waals surface area contributed by atoms with Crippen molar-refractivity contribution in [3.8, 4) is 5.75 Å². The van der Waals surface area contributed by atoms with Crippen LogP contribution in [0.4, 0.5) is 18.9 Å². The topological polar surface area (TPSA) is 58.6 Å². The number of aliphatic carboxylic acids is 1. The van der Waals surface area contributed by atoms with Gasteiger partial charge in [0, 0.05) is 4.47 Å². The van der Waals surface area contributed by atoms with Crippen LogP contribution in [-0.4, -0.2) is 24.0 Å². The summed E-state index contributed by atoms with van der Waals surface area (Å²) in [7, 11) is 0. The van der Waals surface area contributed by atoms with Gasteiger partial charge in [0.2, 0.25) is 0 Å². The summed E-state index contributed by atoms with van der Waals surface area (Å²) in [6, 6.07) is 3.85. The highest BCUT2D eigenvalue weighted by Crippen LogP contribution is 2.32. The quantitative estimate of drug-likeness (QED) is 0.897. The van der Waals surface area contributed by atoms with Crippen LogP contribution in [-0.2, 0) is 4.79 Å². The second-order valence-corrected chi connectivity index (χ2v) is 3.85. The first-order valence-corrected chi connectivity index (χ1v) is 5.08. The smallest absolute Gasteiger partial charge is 0.480 e. The van der Waals surface area contributed by atoms with Crippen LogP contribution in [0.3, 0.4) is 0 Å². The molecule has 0 saturated heterocycles. The Morgan fingerprint density at radius 2 is 2.12 bits per heavy atom. The van der Waals surface area contributed by atoms with Crippen LogP contribution in [0.15, 0.2) is 22.7 Å². The molecule has 1 rings (SSSR count). The summed E-state index contributed by atoms with van der Waals surface area (Å²) in [5.74, 6) is -1.68. The maximum Gasteiger partial charge on any atom is 0.573 e. The lowest BCUT2D eigenvalue weighted by atomic mass is 10.3. The molecule has 0 aliphatic heterocycles. The normalized spacial score (nSPS) is 11.1. The lowest BCUT2D eigenvalue weighted by molar-refractivity contribution is -0.274. The van der Waals surface area contributed by atoms with Crippen LogP contribution in [0, 0.1) is 0 Å². The van der Waals surface area contributed by atoms with E-state index in [0.717, 1.165) is 6.07 Å². The molecule has 0 atom stereocenters. The van der Waals surface area contributed by atoms with E-state index in [4.69, 9.17) is 5.11 Å². The second-order valence-electron chi connectivity index (χ2n) is 2.94. The summed E-state index contributed by atoms with van der Waals surface area (Å²) in [4.78, 5) is 10.3. The number of carbonyl (C=O) groups is 1. The second kappa shape index (κ2) is 5.26. The minimum atomic E-state index is -4.83. The Labute approximate surface area is 103 Å². The zero-order valence-electron chi connectivity index (χ0n) is 8.21. The average Bonchev–Trinajstić information content (AvgIpc) is 2.13. The van der Waals surface area contributed by atoms with Crippen LogP contribution in [0.2, 0.25) is 0 Å². The number of nitrogens with one attached hydrogen (secondary N) is 1. The zero-order chi connectivity index (χ0) is 13.1. The largest absolute Gasteiger partial charge is 0.573 e. The van der Waals surface area contributed by atoms with E-state index in [-0.39, 0.29) is 5.69 Å². The molecule has 1 aromatic rings. The van der Waals surface area contributed by atoms with E-state index in [0.29, 0.717) is 4.47 Å². The van der Waals surface area contributed by atoms with E-state index in [9.17, 15) is 18.0 Å². The molecule has 0 fully saturated rings. The van der Waals surface area contributed by atoms with Gasteiger partial charge < -0.3 is 15.2 Å². The summed E-state index contributed by atoms with van der Waals surface area (Å²) >= 11 is 2.99. The Hall–Kier alpha value is -1.44. The van der Waals surface area contributed by atoms with Crippen molar-refractivity contribution in [3.05, 3.63) is 22.7 Å². The summed E-state index contributed by atoms with van der Waals surface area (Å²) < 4.78 is 40.4. The molecule has 0 unspecified atom stereocenters. The molecule has 0 heterocycles. The average molecular weight is 314 g/mol. The van der Waals surface area contributed by atoms with E-state index >= 15 is 0 Å². The lowest BCUT2D eigenvalue weighted by Crippen LogP contribution is -2.19. The van der Waals surface area contributed by atoms with Crippen LogP contribution < -0.4 is 10.1 Å². The monoisotopic (exact) mass is 313 g/mol. The lowest BCUT2D eigenvalue weighted by Gasteiger charge is -2.14. The molecule has 0 bridgehead atoms. The van der Waals surface area contributed by atoms with Gasteiger partial charge in [-0.3, -0.25) is 4.79 Å². The summed E-state index contributed by atoms with van der Waals surface area (Å²) in [6.07, 6.45) is -4.83. The maximum absolute atomic E-state index is 12.1. The first kappa shape index (κ1) is 13.6. The predicted molar refractivity (Wildman–Crippen MR) is 57.0 cm³/mol. The maximum atomic E-state index is 12.1. The van der Waals surface area contributed by atoms with Gasteiger partial charge in [-0.2, -0.15) is 0 Å². The van der Waals surface area contributed by atoms with Crippen molar-refractivity contribution in [1.82, 2.24) is 0 Å². The van der Waals surface area contributed by atoms with Crippen LogP contribution in [0.25, 0.3) is 0 Å². The molecule has 0 aliphatic rings. The Balaban J connectivity index is 2.91. The molecular weight excluding hydrogens is 307 g/mol. The van der Waals surface area contributed by atoms with Gasteiger partial charge in [-0.05, 0) is 18.2 Å². The minimum Gasteiger partial charge on any atom is -0.480 e. The van der Waals surface area contributed by atoms with Crippen molar-refractivity contribution < 1.29 is 27.8 Å². The molecule has 0 spiro atoms. The van der Waals surface area contributed by atoms with Gasteiger partial charge in [0.05, 0.1) is 5.69 Å². The van der Waals surface area contributed by atoms with E-state index in [1.54, 1.807) is 0 Å². The highest BCUT2D eigenvalue weighted by atomic mass is 79.9. The zero-order valence-corrected chi connectivity index (χ0v) is 9.80. The van der Waals surface area contributed by atoms with Crippen molar-refractivity contribution in [1.29, 1.82) is 0 Å². The number of rotatable bonds is 4. The number of anilines is 1. The standard InChI is InChI=1S/C9H7BrF3NO3/c10-5-1-2-6(14-4-8(15)16)7(3-5)17-9(11,12)13/h1-3,14H,4H2,(H,15,16). The number of halogens is 4. The van der Waals surface area contributed by atoms with Gasteiger partial charge in [-0.1, -0.05) is 15.9 Å². The summed E-state index contributed by atoms with van der Waals surface area (Å²) in [5, 5.41) is 10.7. The van der Waals surface area contributed by atoms with Crippen LogP contribution in [0.5, 0.6) is 5.75 Å². The van der Waals surface area contributed by atoms with Gasteiger partial charge in [0.25, 0.3) is 0 Å².